The summed E-state index contributed by atoms with van der Waals surface area (Å²) in [7, 11) is -3.40. The fourth-order valence-electron chi connectivity index (χ4n) is 3.46. The van der Waals surface area contributed by atoms with Crippen molar-refractivity contribution >= 4 is 21.8 Å². The molecule has 1 saturated heterocycles. The molecule has 0 radical (unpaired) electrons. The molecule has 0 aromatic carbocycles. The smallest absolute Gasteiger partial charge is 0.223 e. The van der Waals surface area contributed by atoms with Crippen LogP contribution in [0.3, 0.4) is 0 Å². The first-order valence-corrected chi connectivity index (χ1v) is 10.1. The standard InChI is InChI=1S/C15H27N3O4S/c1-23(21,22)18-8-7-17(10-13(11-18)15(16)20)14(19)9-12-5-3-2-4-6-12/h12-13H,2-11H2,1H3,(H2,16,20). The van der Waals surface area contributed by atoms with Gasteiger partial charge in [0.05, 0.1) is 12.2 Å². The van der Waals surface area contributed by atoms with Gasteiger partial charge in [0.2, 0.25) is 21.8 Å². The molecule has 1 atom stereocenters. The van der Waals surface area contributed by atoms with Crippen LogP contribution >= 0.6 is 0 Å². The van der Waals surface area contributed by atoms with E-state index >= 15 is 0 Å². The van der Waals surface area contributed by atoms with E-state index in [0.29, 0.717) is 18.9 Å². The van der Waals surface area contributed by atoms with Crippen molar-refractivity contribution in [2.45, 2.75) is 38.5 Å². The maximum absolute atomic E-state index is 12.5. The molecule has 2 N–H and O–H groups in total. The van der Waals surface area contributed by atoms with Gasteiger partial charge in [0.25, 0.3) is 0 Å². The predicted octanol–water partition coefficient (Wildman–Crippen LogP) is 0.162. The van der Waals surface area contributed by atoms with Crippen LogP contribution in [-0.2, 0) is 19.6 Å². The van der Waals surface area contributed by atoms with Crippen molar-refractivity contribution in [3.05, 3.63) is 0 Å². The lowest BCUT2D eigenvalue weighted by Crippen LogP contribution is -2.41. The lowest BCUT2D eigenvalue weighted by Gasteiger charge is -2.27. The summed E-state index contributed by atoms with van der Waals surface area (Å²) < 4.78 is 24.8. The van der Waals surface area contributed by atoms with E-state index in [9.17, 15) is 18.0 Å². The number of hydrogen-bond donors (Lipinski definition) is 1. The van der Waals surface area contributed by atoms with Crippen LogP contribution < -0.4 is 5.73 Å². The molecular formula is C15H27N3O4S. The Hall–Kier alpha value is -1.15. The summed E-state index contributed by atoms with van der Waals surface area (Å²) >= 11 is 0. The number of carbonyl (C=O) groups excluding carboxylic acids is 2. The average molecular weight is 345 g/mol. The molecule has 1 unspecified atom stereocenters. The van der Waals surface area contributed by atoms with Crippen molar-refractivity contribution in [3.8, 4) is 0 Å². The van der Waals surface area contributed by atoms with Gasteiger partial charge in [-0.3, -0.25) is 9.59 Å². The van der Waals surface area contributed by atoms with E-state index < -0.39 is 21.8 Å². The lowest BCUT2D eigenvalue weighted by atomic mass is 9.86. The van der Waals surface area contributed by atoms with Gasteiger partial charge in [-0.2, -0.15) is 4.31 Å². The summed E-state index contributed by atoms with van der Waals surface area (Å²) in [4.78, 5) is 25.8. The van der Waals surface area contributed by atoms with E-state index in [2.05, 4.69) is 0 Å². The van der Waals surface area contributed by atoms with Gasteiger partial charge in [-0.15, -0.1) is 0 Å². The number of primary amides is 1. The van der Waals surface area contributed by atoms with E-state index in [1.807, 2.05) is 0 Å². The number of amides is 2. The molecule has 1 aliphatic carbocycles. The molecule has 0 bridgehead atoms. The number of rotatable bonds is 4. The maximum Gasteiger partial charge on any atom is 0.223 e. The largest absolute Gasteiger partial charge is 0.369 e. The zero-order chi connectivity index (χ0) is 17.0. The van der Waals surface area contributed by atoms with E-state index in [0.717, 1.165) is 19.1 Å². The third kappa shape index (κ3) is 5.17. The Kier molecular flexibility index (Phi) is 6.02. The van der Waals surface area contributed by atoms with Gasteiger partial charge in [-0.05, 0) is 18.8 Å². The second-order valence-corrected chi connectivity index (χ2v) is 8.75. The SMILES string of the molecule is CS(=O)(=O)N1CCN(C(=O)CC2CCCCC2)CC(C(N)=O)C1. The molecule has 7 nitrogen and oxygen atoms in total. The first-order valence-electron chi connectivity index (χ1n) is 8.29. The summed E-state index contributed by atoms with van der Waals surface area (Å²) in [6, 6.07) is 0. The molecule has 132 valence electrons. The Morgan fingerprint density at radius 3 is 2.30 bits per heavy atom. The minimum absolute atomic E-state index is 0.0125. The third-order valence-electron chi connectivity index (χ3n) is 4.90. The lowest BCUT2D eigenvalue weighted by molar-refractivity contribution is -0.133. The number of nitrogens with two attached hydrogens (primary N) is 1. The van der Waals surface area contributed by atoms with Crippen molar-refractivity contribution in [1.29, 1.82) is 0 Å². The van der Waals surface area contributed by atoms with Gasteiger partial charge in [-0.1, -0.05) is 19.3 Å². The average Bonchev–Trinajstić information content (AvgIpc) is 2.71. The highest BCUT2D eigenvalue weighted by molar-refractivity contribution is 7.88. The first-order chi connectivity index (χ1) is 10.8. The van der Waals surface area contributed by atoms with Crippen molar-refractivity contribution in [2.75, 3.05) is 32.4 Å². The van der Waals surface area contributed by atoms with Crippen molar-refractivity contribution < 1.29 is 18.0 Å². The van der Waals surface area contributed by atoms with Gasteiger partial charge >= 0.3 is 0 Å². The Morgan fingerprint density at radius 2 is 1.74 bits per heavy atom. The molecule has 23 heavy (non-hydrogen) atoms. The summed E-state index contributed by atoms with van der Waals surface area (Å²) in [5, 5.41) is 0. The molecule has 0 spiro atoms. The molecular weight excluding hydrogens is 318 g/mol. The van der Waals surface area contributed by atoms with Gasteiger partial charge in [0.15, 0.2) is 0 Å². The number of nitrogens with zero attached hydrogens (tertiary/aromatic N) is 2. The molecule has 1 aliphatic heterocycles. The second-order valence-electron chi connectivity index (χ2n) is 6.77. The zero-order valence-corrected chi connectivity index (χ0v) is 14.6. The Labute approximate surface area is 138 Å². The van der Waals surface area contributed by atoms with Crippen LogP contribution in [0.2, 0.25) is 0 Å². The second kappa shape index (κ2) is 7.61. The monoisotopic (exact) mass is 345 g/mol. The quantitative estimate of drug-likeness (QED) is 0.784. The maximum atomic E-state index is 12.5. The molecule has 2 rings (SSSR count). The van der Waals surface area contributed by atoms with Crippen LogP contribution in [0.25, 0.3) is 0 Å². The summed E-state index contributed by atoms with van der Waals surface area (Å²) in [5.41, 5.74) is 5.39. The predicted molar refractivity (Wildman–Crippen MR) is 86.9 cm³/mol. The van der Waals surface area contributed by atoms with E-state index in [1.54, 1.807) is 4.90 Å². The van der Waals surface area contributed by atoms with Gasteiger partial charge in [-0.25, -0.2) is 8.42 Å². The van der Waals surface area contributed by atoms with Crippen LogP contribution in [0.1, 0.15) is 38.5 Å². The minimum atomic E-state index is -3.40. The van der Waals surface area contributed by atoms with Gasteiger partial charge < -0.3 is 10.6 Å². The molecule has 2 fully saturated rings. The molecule has 8 heteroatoms. The normalized spacial score (nSPS) is 25.1. The molecule has 0 aromatic heterocycles. The fraction of sp³-hybridized carbons (Fsp3) is 0.867. The van der Waals surface area contributed by atoms with Crippen LogP contribution in [0, 0.1) is 11.8 Å². The summed E-state index contributed by atoms with van der Waals surface area (Å²) in [6.07, 6.45) is 7.34. The number of carbonyl (C=O) groups is 2. The van der Waals surface area contributed by atoms with Crippen LogP contribution in [-0.4, -0.2) is 61.9 Å². The topological polar surface area (TPSA) is 101 Å². The number of sulfonamides is 1. The third-order valence-corrected chi connectivity index (χ3v) is 6.17. The Morgan fingerprint density at radius 1 is 1.09 bits per heavy atom. The summed E-state index contributed by atoms with van der Waals surface area (Å²) in [5.74, 6) is -0.783. The van der Waals surface area contributed by atoms with Crippen molar-refractivity contribution in [1.82, 2.24) is 9.21 Å². The van der Waals surface area contributed by atoms with Gasteiger partial charge in [0, 0.05) is 32.6 Å². The molecule has 1 heterocycles. The molecule has 2 amide bonds. The van der Waals surface area contributed by atoms with Gasteiger partial charge in [0.1, 0.15) is 0 Å². The van der Waals surface area contributed by atoms with E-state index in [4.69, 9.17) is 5.73 Å². The highest BCUT2D eigenvalue weighted by Gasteiger charge is 2.32. The van der Waals surface area contributed by atoms with Crippen LogP contribution in [0.5, 0.6) is 0 Å². The zero-order valence-electron chi connectivity index (χ0n) is 13.7. The Bertz CT molecular complexity index is 543. The van der Waals surface area contributed by atoms with Crippen LogP contribution in [0.15, 0.2) is 0 Å². The highest BCUT2D eigenvalue weighted by Crippen LogP contribution is 2.27. The van der Waals surface area contributed by atoms with Crippen molar-refractivity contribution in [3.63, 3.8) is 0 Å². The molecule has 2 aliphatic rings. The molecule has 0 aromatic rings. The first kappa shape index (κ1) is 18.2. The van der Waals surface area contributed by atoms with E-state index in [1.165, 1.54) is 23.6 Å². The van der Waals surface area contributed by atoms with Crippen LogP contribution in [0.4, 0.5) is 0 Å². The van der Waals surface area contributed by atoms with E-state index in [-0.39, 0.29) is 25.5 Å². The number of hydrogen-bond acceptors (Lipinski definition) is 4. The summed E-state index contributed by atoms with van der Waals surface area (Å²) in [6.45, 7) is 0.815. The molecule has 1 saturated carbocycles. The fourth-order valence-corrected chi connectivity index (χ4v) is 4.32. The Balaban J connectivity index is 2.03. The highest BCUT2D eigenvalue weighted by atomic mass is 32.2. The minimum Gasteiger partial charge on any atom is -0.369 e. The van der Waals surface area contributed by atoms with Crippen molar-refractivity contribution in [2.24, 2.45) is 17.6 Å².